The number of nitrogen functional groups attached to an aromatic ring is 1. The molecule has 17 heavy (non-hydrogen) atoms. The summed E-state index contributed by atoms with van der Waals surface area (Å²) < 4.78 is 7.31. The quantitative estimate of drug-likeness (QED) is 0.835. The van der Waals surface area contributed by atoms with Gasteiger partial charge in [0.25, 0.3) is 0 Å². The van der Waals surface area contributed by atoms with E-state index in [-0.39, 0.29) is 6.10 Å². The van der Waals surface area contributed by atoms with Crippen LogP contribution in [0, 0.1) is 0 Å². The molecule has 1 aliphatic carbocycles. The maximum absolute atomic E-state index is 6.09. The zero-order valence-corrected chi connectivity index (χ0v) is 10.9. The SMILES string of the molecule is CCc1nn(C)c(NC2CCCC2OC)c1N. The Kier molecular flexibility index (Phi) is 3.57. The molecule has 3 N–H and O–H groups in total. The summed E-state index contributed by atoms with van der Waals surface area (Å²) in [6.45, 7) is 2.07. The Morgan fingerprint density at radius 1 is 1.53 bits per heavy atom. The van der Waals surface area contributed by atoms with E-state index in [4.69, 9.17) is 10.5 Å². The monoisotopic (exact) mass is 238 g/mol. The average Bonchev–Trinajstić information content (AvgIpc) is 2.88. The maximum Gasteiger partial charge on any atom is 0.148 e. The summed E-state index contributed by atoms with van der Waals surface area (Å²) in [5.74, 6) is 0.927. The third kappa shape index (κ3) is 2.24. The Morgan fingerprint density at radius 2 is 2.29 bits per heavy atom. The van der Waals surface area contributed by atoms with Gasteiger partial charge in [0.15, 0.2) is 0 Å². The van der Waals surface area contributed by atoms with Crippen LogP contribution in [0.5, 0.6) is 0 Å². The largest absolute Gasteiger partial charge is 0.394 e. The topological polar surface area (TPSA) is 65.1 Å². The van der Waals surface area contributed by atoms with Gasteiger partial charge in [-0.3, -0.25) is 4.68 Å². The first kappa shape index (κ1) is 12.2. The number of nitrogens with two attached hydrogens (primary N) is 1. The van der Waals surface area contributed by atoms with Crippen LogP contribution in [0.3, 0.4) is 0 Å². The second-order valence-corrected chi connectivity index (χ2v) is 4.64. The lowest BCUT2D eigenvalue weighted by Crippen LogP contribution is -2.30. The van der Waals surface area contributed by atoms with Crippen molar-refractivity contribution in [2.75, 3.05) is 18.2 Å². The van der Waals surface area contributed by atoms with Crippen molar-refractivity contribution in [1.29, 1.82) is 0 Å². The van der Waals surface area contributed by atoms with Crippen LogP contribution in [0.15, 0.2) is 0 Å². The number of aromatic nitrogens is 2. The fourth-order valence-corrected chi connectivity index (χ4v) is 2.58. The number of aryl methyl sites for hydroxylation is 2. The smallest absolute Gasteiger partial charge is 0.148 e. The Balaban J connectivity index is 2.15. The van der Waals surface area contributed by atoms with Crippen LogP contribution in [0.1, 0.15) is 31.9 Å². The van der Waals surface area contributed by atoms with Crippen molar-refractivity contribution in [2.24, 2.45) is 7.05 Å². The molecule has 0 amide bonds. The second kappa shape index (κ2) is 4.96. The number of hydrogen-bond acceptors (Lipinski definition) is 4. The molecule has 96 valence electrons. The molecule has 0 radical (unpaired) electrons. The third-order valence-corrected chi connectivity index (χ3v) is 3.57. The summed E-state index contributed by atoms with van der Waals surface area (Å²) in [6, 6.07) is 0.349. The number of nitrogens with zero attached hydrogens (tertiary/aromatic N) is 2. The van der Waals surface area contributed by atoms with E-state index in [2.05, 4.69) is 17.3 Å². The van der Waals surface area contributed by atoms with Crippen molar-refractivity contribution in [3.63, 3.8) is 0 Å². The summed E-state index contributed by atoms with van der Waals surface area (Å²) in [7, 11) is 3.70. The zero-order chi connectivity index (χ0) is 12.4. The van der Waals surface area contributed by atoms with E-state index in [1.54, 1.807) is 7.11 Å². The van der Waals surface area contributed by atoms with E-state index in [1.807, 2.05) is 11.7 Å². The molecule has 1 aliphatic rings. The average molecular weight is 238 g/mol. The van der Waals surface area contributed by atoms with Gasteiger partial charge in [0.1, 0.15) is 5.82 Å². The molecule has 1 aromatic rings. The molecule has 1 saturated carbocycles. The van der Waals surface area contributed by atoms with Gasteiger partial charge in [0.05, 0.1) is 23.5 Å². The van der Waals surface area contributed by atoms with Gasteiger partial charge in [-0.25, -0.2) is 0 Å². The van der Waals surface area contributed by atoms with E-state index in [1.165, 1.54) is 6.42 Å². The normalized spacial score (nSPS) is 24.2. The number of nitrogens with one attached hydrogen (secondary N) is 1. The Bertz CT molecular complexity index is 388. The summed E-state index contributed by atoms with van der Waals surface area (Å²) in [5, 5.41) is 7.89. The van der Waals surface area contributed by atoms with Crippen LogP contribution in [0.2, 0.25) is 0 Å². The highest BCUT2D eigenvalue weighted by Gasteiger charge is 2.28. The molecule has 1 fully saturated rings. The van der Waals surface area contributed by atoms with Crippen LogP contribution >= 0.6 is 0 Å². The van der Waals surface area contributed by atoms with Gasteiger partial charge in [0.2, 0.25) is 0 Å². The van der Waals surface area contributed by atoms with Crippen molar-refractivity contribution < 1.29 is 4.74 Å². The zero-order valence-electron chi connectivity index (χ0n) is 10.9. The Labute approximate surface area is 102 Å². The molecule has 0 bridgehead atoms. The molecule has 0 spiro atoms. The van der Waals surface area contributed by atoms with E-state index in [9.17, 15) is 0 Å². The first-order valence-corrected chi connectivity index (χ1v) is 6.28. The third-order valence-electron chi connectivity index (χ3n) is 3.57. The highest BCUT2D eigenvalue weighted by Crippen LogP contribution is 2.29. The van der Waals surface area contributed by atoms with Crippen LogP contribution in [-0.2, 0) is 18.2 Å². The summed E-state index contributed by atoms with van der Waals surface area (Å²) in [5.41, 5.74) is 7.83. The molecule has 0 saturated heterocycles. The summed E-state index contributed by atoms with van der Waals surface area (Å²) >= 11 is 0. The van der Waals surface area contributed by atoms with Gasteiger partial charge in [0, 0.05) is 14.2 Å². The molecule has 5 heteroatoms. The fourth-order valence-electron chi connectivity index (χ4n) is 2.58. The lowest BCUT2D eigenvalue weighted by Gasteiger charge is -2.21. The molecule has 5 nitrogen and oxygen atoms in total. The van der Waals surface area contributed by atoms with Crippen molar-refractivity contribution in [1.82, 2.24) is 9.78 Å². The van der Waals surface area contributed by atoms with Gasteiger partial charge in [-0.1, -0.05) is 6.92 Å². The number of ether oxygens (including phenoxy) is 1. The second-order valence-electron chi connectivity index (χ2n) is 4.64. The van der Waals surface area contributed by atoms with Crippen LogP contribution < -0.4 is 11.1 Å². The van der Waals surface area contributed by atoms with Crippen LogP contribution in [-0.4, -0.2) is 29.0 Å². The van der Waals surface area contributed by atoms with E-state index in [0.29, 0.717) is 6.04 Å². The lowest BCUT2D eigenvalue weighted by atomic mass is 10.2. The lowest BCUT2D eigenvalue weighted by molar-refractivity contribution is 0.101. The van der Waals surface area contributed by atoms with Gasteiger partial charge in [-0.05, 0) is 25.7 Å². The highest BCUT2D eigenvalue weighted by molar-refractivity contribution is 5.65. The van der Waals surface area contributed by atoms with Crippen molar-refractivity contribution in [3.8, 4) is 0 Å². The predicted molar refractivity (Wildman–Crippen MR) is 69.1 cm³/mol. The highest BCUT2D eigenvalue weighted by atomic mass is 16.5. The van der Waals surface area contributed by atoms with Gasteiger partial charge < -0.3 is 15.8 Å². The molecule has 2 unspecified atom stereocenters. The molecule has 1 aromatic heterocycles. The Hall–Kier alpha value is -1.23. The van der Waals surface area contributed by atoms with Gasteiger partial charge >= 0.3 is 0 Å². The molecule has 0 aromatic carbocycles. The van der Waals surface area contributed by atoms with Gasteiger partial charge in [-0.15, -0.1) is 0 Å². The van der Waals surface area contributed by atoms with E-state index in [0.717, 1.165) is 36.5 Å². The summed E-state index contributed by atoms with van der Waals surface area (Å²) in [6.07, 6.45) is 4.60. The number of anilines is 2. The van der Waals surface area contributed by atoms with E-state index >= 15 is 0 Å². The predicted octanol–water partition coefficient (Wildman–Crippen LogP) is 1.54. The standard InChI is InChI=1S/C12H22N4O/c1-4-8-11(13)12(16(2)15-8)14-9-6-5-7-10(9)17-3/h9-10,14H,4-7,13H2,1-3H3. The van der Waals surface area contributed by atoms with Crippen molar-refractivity contribution in [3.05, 3.63) is 5.69 Å². The summed E-state index contributed by atoms with van der Waals surface area (Å²) in [4.78, 5) is 0. The number of methoxy groups -OCH3 is 1. The molecule has 0 aliphatic heterocycles. The van der Waals surface area contributed by atoms with E-state index < -0.39 is 0 Å². The molecular weight excluding hydrogens is 216 g/mol. The number of rotatable bonds is 4. The maximum atomic E-state index is 6.09. The van der Waals surface area contributed by atoms with Crippen molar-refractivity contribution in [2.45, 2.75) is 44.8 Å². The Morgan fingerprint density at radius 3 is 2.88 bits per heavy atom. The molecular formula is C12H22N4O. The van der Waals surface area contributed by atoms with Crippen LogP contribution in [0.25, 0.3) is 0 Å². The van der Waals surface area contributed by atoms with Gasteiger partial charge in [-0.2, -0.15) is 5.10 Å². The molecule has 1 heterocycles. The fraction of sp³-hybridized carbons (Fsp3) is 0.750. The minimum absolute atomic E-state index is 0.286. The number of hydrogen-bond donors (Lipinski definition) is 2. The minimum atomic E-state index is 0.286. The van der Waals surface area contributed by atoms with Crippen molar-refractivity contribution >= 4 is 11.5 Å². The molecule has 2 atom stereocenters. The molecule has 2 rings (SSSR count). The first-order chi connectivity index (χ1) is 8.17. The minimum Gasteiger partial charge on any atom is -0.394 e. The first-order valence-electron chi connectivity index (χ1n) is 6.28. The van der Waals surface area contributed by atoms with Crippen LogP contribution in [0.4, 0.5) is 11.5 Å².